The molecular weight excluding hydrogens is 619 g/mol. The highest BCUT2D eigenvalue weighted by molar-refractivity contribution is 7.51. The second kappa shape index (κ2) is 13.6. The van der Waals surface area contributed by atoms with Crippen LogP contribution in [0.5, 0.6) is 0 Å². The summed E-state index contributed by atoms with van der Waals surface area (Å²) in [5, 5.41) is 23.9. The van der Waals surface area contributed by atoms with Gasteiger partial charge in [-0.3, -0.25) is 37.7 Å². The molecule has 0 spiro atoms. The monoisotopic (exact) mass is 656 g/mol. The number of aryl methyl sites for hydroxylation is 1. The van der Waals surface area contributed by atoms with E-state index >= 15 is 0 Å². The summed E-state index contributed by atoms with van der Waals surface area (Å²) in [6.45, 7) is 2.79. The number of nitrogens with two attached hydrogens (primary N) is 1. The van der Waals surface area contributed by atoms with Crippen molar-refractivity contribution in [1.29, 1.82) is 0 Å². The van der Waals surface area contributed by atoms with Crippen LogP contribution >= 0.6 is 7.75 Å². The third-order valence-electron chi connectivity index (χ3n) is 7.65. The van der Waals surface area contributed by atoms with Gasteiger partial charge in [0.05, 0.1) is 19.5 Å². The molecule has 20 heteroatoms. The Morgan fingerprint density at radius 2 is 1.98 bits per heavy atom. The molecule has 0 saturated carbocycles. The number of methoxy groups -OCH3 is 1. The number of anilines is 1. The fourth-order valence-electron chi connectivity index (χ4n) is 5.27. The topological polar surface area (TPSA) is 260 Å². The van der Waals surface area contributed by atoms with Crippen molar-refractivity contribution >= 4 is 24.9 Å². The second-order valence-electron chi connectivity index (χ2n) is 10.8. The number of rotatable bonds is 13. The van der Waals surface area contributed by atoms with Crippen LogP contribution in [0.3, 0.4) is 0 Å². The molecule has 3 aromatic heterocycles. The van der Waals surface area contributed by atoms with E-state index in [1.54, 1.807) is 0 Å². The van der Waals surface area contributed by atoms with Crippen LogP contribution in [-0.4, -0.2) is 96.7 Å². The largest absolute Gasteiger partial charge is 0.405 e. The number of aliphatic hydroxyl groups is 2. The first kappa shape index (κ1) is 33.1. The van der Waals surface area contributed by atoms with E-state index < -0.39 is 80.7 Å². The fourth-order valence-corrected chi connectivity index (χ4v) is 6.85. The summed E-state index contributed by atoms with van der Waals surface area (Å²) in [5.74, 6) is -0.141. The number of aromatic nitrogens is 6. The molecule has 5 heterocycles. The van der Waals surface area contributed by atoms with Crippen LogP contribution in [0, 0.1) is 6.92 Å². The van der Waals surface area contributed by atoms with Crippen LogP contribution < -0.4 is 27.6 Å². The van der Waals surface area contributed by atoms with Crippen LogP contribution in [-0.2, 0) is 27.8 Å². The van der Waals surface area contributed by atoms with Crippen LogP contribution in [0.15, 0.2) is 26.9 Å². The zero-order valence-electron chi connectivity index (χ0n) is 24.8. The van der Waals surface area contributed by atoms with Gasteiger partial charge in [0.2, 0.25) is 5.95 Å². The fraction of sp³-hybridized carbons (Fsp3) is 0.640. The minimum absolute atomic E-state index is 0.00122. The summed E-state index contributed by atoms with van der Waals surface area (Å²) >= 11 is 0. The Balaban J connectivity index is 1.33. The third kappa shape index (κ3) is 6.81. The number of aromatic amines is 2. The van der Waals surface area contributed by atoms with Gasteiger partial charge in [-0.1, -0.05) is 13.3 Å². The molecule has 19 nitrogen and oxygen atoms in total. The molecule has 0 aliphatic carbocycles. The molecule has 0 aromatic carbocycles. The molecule has 248 valence electrons. The van der Waals surface area contributed by atoms with Gasteiger partial charge in [0.15, 0.2) is 17.4 Å². The average Bonchev–Trinajstić information content (AvgIpc) is 3.68. The molecule has 2 fully saturated rings. The van der Waals surface area contributed by atoms with E-state index in [9.17, 15) is 29.2 Å². The lowest BCUT2D eigenvalue weighted by atomic mass is 10.1. The number of fused-ring (bicyclic) bond motifs is 1. The molecule has 0 amide bonds. The van der Waals surface area contributed by atoms with Crippen LogP contribution in [0.2, 0.25) is 0 Å². The molecule has 2 aliphatic rings. The molecule has 8 atom stereocenters. The van der Waals surface area contributed by atoms with E-state index in [1.807, 2.05) is 6.92 Å². The van der Waals surface area contributed by atoms with Crippen molar-refractivity contribution in [2.24, 2.45) is 0 Å². The van der Waals surface area contributed by atoms with E-state index in [1.165, 1.54) is 35.7 Å². The average molecular weight is 657 g/mol. The van der Waals surface area contributed by atoms with Gasteiger partial charge < -0.3 is 30.2 Å². The third-order valence-corrected chi connectivity index (χ3v) is 9.29. The van der Waals surface area contributed by atoms with Gasteiger partial charge in [0, 0.05) is 31.8 Å². The minimum atomic E-state index is -4.15. The molecule has 3 aromatic rings. The zero-order valence-corrected chi connectivity index (χ0v) is 25.7. The lowest BCUT2D eigenvalue weighted by molar-refractivity contribution is -0.0600. The number of hydrogen-bond donors (Lipinski definition) is 6. The lowest BCUT2D eigenvalue weighted by Crippen LogP contribution is -2.36. The summed E-state index contributed by atoms with van der Waals surface area (Å²) in [4.78, 5) is 49.3. The van der Waals surface area contributed by atoms with Gasteiger partial charge in [-0.05, 0) is 13.3 Å². The number of hydrogen-bond acceptors (Lipinski definition) is 14. The second-order valence-corrected chi connectivity index (χ2v) is 12.5. The van der Waals surface area contributed by atoms with E-state index in [4.69, 9.17) is 29.0 Å². The Labute approximate surface area is 255 Å². The Morgan fingerprint density at radius 3 is 2.69 bits per heavy atom. The Bertz CT molecular complexity index is 1720. The number of nitrogens with zero attached hydrogens (tertiary/aromatic N) is 4. The highest BCUT2D eigenvalue weighted by Gasteiger charge is 2.48. The van der Waals surface area contributed by atoms with Gasteiger partial charge in [0.1, 0.15) is 36.7 Å². The predicted octanol–water partition coefficient (Wildman–Crippen LogP) is -0.987. The molecule has 0 radical (unpaired) electrons. The number of nitrogen functional groups attached to an aromatic ring is 1. The van der Waals surface area contributed by atoms with E-state index in [0.717, 1.165) is 6.42 Å². The lowest BCUT2D eigenvalue weighted by Gasteiger charge is -2.26. The zero-order chi connectivity index (χ0) is 32.5. The summed E-state index contributed by atoms with van der Waals surface area (Å²) in [5.41, 5.74) is 4.29. The molecule has 2 aliphatic heterocycles. The van der Waals surface area contributed by atoms with Crippen molar-refractivity contribution in [3.05, 3.63) is 49.3 Å². The van der Waals surface area contributed by atoms with Crippen molar-refractivity contribution in [3.8, 4) is 0 Å². The number of imidazole rings is 1. The number of unbranched alkanes of at least 4 members (excludes halogenated alkanes) is 1. The summed E-state index contributed by atoms with van der Waals surface area (Å²) in [7, 11) is -2.78. The summed E-state index contributed by atoms with van der Waals surface area (Å²) < 4.78 is 45.7. The Hall–Kier alpha value is -3.26. The van der Waals surface area contributed by atoms with Gasteiger partial charge in [-0.2, -0.15) is 4.98 Å². The van der Waals surface area contributed by atoms with Crippen molar-refractivity contribution in [3.63, 3.8) is 0 Å². The van der Waals surface area contributed by atoms with Crippen molar-refractivity contribution in [2.75, 3.05) is 32.6 Å². The number of aliphatic hydroxyl groups excluding tert-OH is 2. The Kier molecular flexibility index (Phi) is 10.0. The van der Waals surface area contributed by atoms with E-state index in [2.05, 4.69) is 25.0 Å². The number of nitrogens with one attached hydrogen (secondary N) is 3. The maximum Gasteiger partial charge on any atom is 0.405 e. The van der Waals surface area contributed by atoms with Crippen molar-refractivity contribution in [2.45, 2.75) is 76.1 Å². The maximum absolute atomic E-state index is 14.0. The van der Waals surface area contributed by atoms with Crippen molar-refractivity contribution < 1.29 is 38.0 Å². The van der Waals surface area contributed by atoms with E-state index in [-0.39, 0.29) is 35.6 Å². The summed E-state index contributed by atoms with van der Waals surface area (Å²) in [6.07, 6.45) is -3.17. The smallest absolute Gasteiger partial charge is 0.394 e. The highest BCUT2D eigenvalue weighted by atomic mass is 31.2. The van der Waals surface area contributed by atoms with Crippen LogP contribution in [0.4, 0.5) is 5.95 Å². The van der Waals surface area contributed by atoms with Crippen LogP contribution in [0.1, 0.15) is 44.2 Å². The SMILES string of the molecule is CCCCNP(=O)(OC[C@H]1O[C@@H](n2cnc3c(=O)[nH]c(N)nc32)[C@@H](OC)C1O)OC1C[C@H](n2cc(C)c(=O)[nH]c2=O)O[C@@H]1CO. The van der Waals surface area contributed by atoms with Crippen LogP contribution in [0.25, 0.3) is 11.2 Å². The van der Waals surface area contributed by atoms with Gasteiger partial charge >= 0.3 is 13.4 Å². The first-order chi connectivity index (χ1) is 21.5. The van der Waals surface area contributed by atoms with Crippen molar-refractivity contribution in [1.82, 2.24) is 34.2 Å². The predicted molar refractivity (Wildman–Crippen MR) is 156 cm³/mol. The first-order valence-corrected chi connectivity index (χ1v) is 15.9. The molecule has 45 heavy (non-hydrogen) atoms. The van der Waals surface area contributed by atoms with Gasteiger partial charge in [-0.25, -0.2) is 19.4 Å². The first-order valence-electron chi connectivity index (χ1n) is 14.3. The van der Waals surface area contributed by atoms with Gasteiger partial charge in [0.25, 0.3) is 11.1 Å². The quantitative estimate of drug-likeness (QED) is 0.0953. The highest BCUT2D eigenvalue weighted by Crippen LogP contribution is 2.49. The number of ether oxygens (including phenoxy) is 3. The molecule has 5 rings (SSSR count). The molecular formula is C25H37N8O11P. The normalized spacial score (nSPS) is 28.2. The maximum atomic E-state index is 14.0. The van der Waals surface area contributed by atoms with Gasteiger partial charge in [-0.15, -0.1) is 0 Å². The molecule has 3 unspecified atom stereocenters. The molecule has 0 bridgehead atoms. The summed E-state index contributed by atoms with van der Waals surface area (Å²) in [6, 6.07) is 0. The van der Waals surface area contributed by atoms with E-state index in [0.29, 0.717) is 6.42 Å². The minimum Gasteiger partial charge on any atom is -0.394 e. The Morgan fingerprint density at radius 1 is 1.20 bits per heavy atom. The number of H-pyrrole nitrogens is 2. The molecule has 7 N–H and O–H groups in total. The molecule has 2 saturated heterocycles. The standard InChI is InChI=1S/C25H37N8O11P/c1-4-5-6-28-45(39,44-13-7-16(42-14(13)9-34)32-8-12(2)21(36)31-25(32)38)41-10-15-18(35)19(40-3)23(43-15)33-11-27-17-20(33)29-24(26)30-22(17)37/h8,11,13-16,18-19,23,34-35H,4-7,9-10H2,1-3H3,(H,28,39)(H,31,36,38)(H3,26,29,30,37)/t13?,14-,15-,16-,18?,19+,23-,45?/m1/s1.